The van der Waals surface area contributed by atoms with Crippen LogP contribution in [0.15, 0.2) is 41.5 Å². The fraction of sp³-hybridized carbons (Fsp3) is 0.235. The molecule has 1 amide bonds. The van der Waals surface area contributed by atoms with Gasteiger partial charge in [0.25, 0.3) is 0 Å². The molecular formula is C17H18N4OS. The van der Waals surface area contributed by atoms with Gasteiger partial charge >= 0.3 is 0 Å². The van der Waals surface area contributed by atoms with Gasteiger partial charge in [0.1, 0.15) is 0 Å². The van der Waals surface area contributed by atoms with Crippen LogP contribution in [0.5, 0.6) is 0 Å². The van der Waals surface area contributed by atoms with Gasteiger partial charge in [-0.05, 0) is 44.5 Å². The minimum absolute atomic E-state index is 0.000376. The number of imidazole rings is 1. The number of carbonyl (C=O) groups excluding carboxylic acids is 1. The fourth-order valence-electron chi connectivity index (χ4n) is 2.29. The summed E-state index contributed by atoms with van der Waals surface area (Å²) in [5.41, 5.74) is 6.71. The van der Waals surface area contributed by atoms with Gasteiger partial charge in [-0.3, -0.25) is 4.79 Å². The Labute approximate surface area is 139 Å². The van der Waals surface area contributed by atoms with E-state index in [1.807, 2.05) is 54.4 Å². The van der Waals surface area contributed by atoms with E-state index in [0.29, 0.717) is 12.8 Å². The molecule has 0 radical (unpaired) electrons. The summed E-state index contributed by atoms with van der Waals surface area (Å²) in [6.45, 7) is 4.03. The Morgan fingerprint density at radius 1 is 1.22 bits per heavy atom. The number of anilines is 1. The van der Waals surface area contributed by atoms with Crippen LogP contribution in [0.25, 0.3) is 5.69 Å². The van der Waals surface area contributed by atoms with Crippen molar-refractivity contribution in [1.82, 2.24) is 14.5 Å². The summed E-state index contributed by atoms with van der Waals surface area (Å²) in [5, 5.41) is 4.88. The molecule has 6 heteroatoms. The largest absolute Gasteiger partial charge is 0.326 e. The maximum Gasteiger partial charge on any atom is 0.224 e. The van der Waals surface area contributed by atoms with Crippen LogP contribution in [-0.2, 0) is 11.2 Å². The van der Waals surface area contributed by atoms with Crippen LogP contribution >= 0.6 is 11.3 Å². The van der Waals surface area contributed by atoms with Gasteiger partial charge < -0.3 is 9.88 Å². The number of thiazole rings is 1. The first-order chi connectivity index (χ1) is 11.1. The van der Waals surface area contributed by atoms with Crippen molar-refractivity contribution in [2.24, 2.45) is 0 Å². The van der Waals surface area contributed by atoms with Crippen molar-refractivity contribution in [3.8, 4) is 5.69 Å². The highest BCUT2D eigenvalue weighted by atomic mass is 32.1. The third-order valence-electron chi connectivity index (χ3n) is 3.77. The molecule has 1 aromatic carbocycles. The number of benzene rings is 1. The molecule has 1 N–H and O–H groups in total. The first-order valence-electron chi connectivity index (χ1n) is 7.41. The van der Waals surface area contributed by atoms with Gasteiger partial charge in [0.2, 0.25) is 5.91 Å². The maximum absolute atomic E-state index is 12.0. The summed E-state index contributed by atoms with van der Waals surface area (Å²) in [5.74, 6) is 0.000376. The first kappa shape index (κ1) is 15.4. The molecule has 0 unspecified atom stereocenters. The molecule has 0 aliphatic rings. The highest BCUT2D eigenvalue weighted by Gasteiger charge is 2.06. The summed E-state index contributed by atoms with van der Waals surface area (Å²) in [6, 6.07) is 7.77. The maximum atomic E-state index is 12.0. The normalized spacial score (nSPS) is 10.7. The van der Waals surface area contributed by atoms with Crippen molar-refractivity contribution in [1.29, 1.82) is 0 Å². The molecule has 23 heavy (non-hydrogen) atoms. The van der Waals surface area contributed by atoms with E-state index in [-0.39, 0.29) is 5.91 Å². The summed E-state index contributed by atoms with van der Waals surface area (Å²) in [4.78, 5) is 20.4. The number of aromatic nitrogens is 3. The highest BCUT2D eigenvalue weighted by molar-refractivity contribution is 7.07. The zero-order chi connectivity index (χ0) is 16.2. The molecule has 0 bridgehead atoms. The van der Waals surface area contributed by atoms with Crippen molar-refractivity contribution in [3.63, 3.8) is 0 Å². The number of carbonyl (C=O) groups is 1. The van der Waals surface area contributed by atoms with Crippen LogP contribution < -0.4 is 5.32 Å². The Kier molecular flexibility index (Phi) is 4.52. The van der Waals surface area contributed by atoms with Gasteiger partial charge in [0.05, 0.1) is 23.2 Å². The lowest BCUT2D eigenvalue weighted by molar-refractivity contribution is -0.116. The molecule has 0 fully saturated rings. The lowest BCUT2D eigenvalue weighted by atomic mass is 10.2. The molecule has 3 rings (SSSR count). The van der Waals surface area contributed by atoms with Crippen LogP contribution in [0, 0.1) is 13.8 Å². The zero-order valence-corrected chi connectivity index (χ0v) is 13.9. The van der Waals surface area contributed by atoms with E-state index in [9.17, 15) is 4.79 Å². The van der Waals surface area contributed by atoms with Crippen LogP contribution in [0.1, 0.15) is 23.5 Å². The van der Waals surface area contributed by atoms with Crippen molar-refractivity contribution in [2.75, 3.05) is 5.32 Å². The number of hydrogen-bond donors (Lipinski definition) is 1. The fourth-order valence-corrected chi connectivity index (χ4v) is 2.88. The van der Waals surface area contributed by atoms with E-state index in [4.69, 9.17) is 0 Å². The number of rotatable bonds is 5. The predicted octanol–water partition coefficient (Wildman–Crippen LogP) is 3.52. The van der Waals surface area contributed by atoms with Crippen molar-refractivity contribution in [2.45, 2.75) is 26.7 Å². The van der Waals surface area contributed by atoms with Gasteiger partial charge in [0, 0.05) is 28.9 Å². The second-order valence-corrected chi connectivity index (χ2v) is 6.08. The third-order valence-corrected chi connectivity index (χ3v) is 4.41. The number of nitrogens with zero attached hydrogens (tertiary/aromatic N) is 3. The predicted molar refractivity (Wildman–Crippen MR) is 92.1 cm³/mol. The summed E-state index contributed by atoms with van der Waals surface area (Å²) in [6.07, 6.45) is 2.92. The molecule has 0 saturated carbocycles. The number of hydrogen-bond acceptors (Lipinski definition) is 4. The molecule has 0 spiro atoms. The molecule has 5 nitrogen and oxygen atoms in total. The highest BCUT2D eigenvalue weighted by Crippen LogP contribution is 2.17. The quantitative estimate of drug-likeness (QED) is 0.780. The lowest BCUT2D eigenvalue weighted by Crippen LogP contribution is -2.12. The van der Waals surface area contributed by atoms with E-state index in [1.54, 1.807) is 16.8 Å². The van der Waals surface area contributed by atoms with Crippen LogP contribution in [0.2, 0.25) is 0 Å². The van der Waals surface area contributed by atoms with Crippen molar-refractivity contribution < 1.29 is 4.79 Å². The van der Waals surface area contributed by atoms with Crippen molar-refractivity contribution >= 4 is 22.9 Å². The molecule has 118 valence electrons. The van der Waals surface area contributed by atoms with Crippen molar-refractivity contribution in [3.05, 3.63) is 58.6 Å². The van der Waals surface area contributed by atoms with Gasteiger partial charge in [0.15, 0.2) is 0 Å². The summed E-state index contributed by atoms with van der Waals surface area (Å²) < 4.78 is 2.03. The second kappa shape index (κ2) is 6.75. The molecule has 0 saturated heterocycles. The topological polar surface area (TPSA) is 59.8 Å². The van der Waals surface area contributed by atoms with E-state index >= 15 is 0 Å². The van der Waals surface area contributed by atoms with E-state index in [0.717, 1.165) is 28.5 Å². The molecule has 0 atom stereocenters. The standard InChI is InChI=1S/C17H18N4OS/c1-12-13(2)21(10-18-12)16-6-3-14(4-7-16)20-17(22)8-5-15-9-23-11-19-15/h3-4,6-7,9-11H,5,8H2,1-2H3,(H,20,22). The SMILES string of the molecule is Cc1ncn(-c2ccc(NC(=O)CCc3cscn3)cc2)c1C. The summed E-state index contributed by atoms with van der Waals surface area (Å²) in [7, 11) is 0. The monoisotopic (exact) mass is 326 g/mol. The Bertz CT molecular complexity index is 791. The third kappa shape index (κ3) is 3.65. The molecule has 3 aromatic rings. The Morgan fingerprint density at radius 3 is 2.61 bits per heavy atom. The molecule has 2 aromatic heterocycles. The summed E-state index contributed by atoms with van der Waals surface area (Å²) >= 11 is 1.55. The Balaban J connectivity index is 1.61. The smallest absolute Gasteiger partial charge is 0.224 e. The Morgan fingerprint density at radius 2 is 2.00 bits per heavy atom. The first-order valence-corrected chi connectivity index (χ1v) is 8.35. The number of amides is 1. The average Bonchev–Trinajstić information content (AvgIpc) is 3.18. The lowest BCUT2D eigenvalue weighted by Gasteiger charge is -2.08. The van der Waals surface area contributed by atoms with E-state index in [2.05, 4.69) is 15.3 Å². The van der Waals surface area contributed by atoms with Gasteiger partial charge in [-0.1, -0.05) is 0 Å². The number of nitrogens with one attached hydrogen (secondary N) is 1. The average molecular weight is 326 g/mol. The van der Waals surface area contributed by atoms with Gasteiger partial charge in [-0.15, -0.1) is 11.3 Å². The molecule has 0 aliphatic carbocycles. The molecule has 2 heterocycles. The number of aryl methyl sites for hydroxylation is 2. The van der Waals surface area contributed by atoms with Gasteiger partial charge in [-0.25, -0.2) is 9.97 Å². The molecular weight excluding hydrogens is 308 g/mol. The van der Waals surface area contributed by atoms with Crippen LogP contribution in [0.4, 0.5) is 5.69 Å². The second-order valence-electron chi connectivity index (χ2n) is 5.36. The Hall–Kier alpha value is -2.47. The minimum Gasteiger partial charge on any atom is -0.326 e. The van der Waals surface area contributed by atoms with E-state index < -0.39 is 0 Å². The van der Waals surface area contributed by atoms with Crippen LogP contribution in [-0.4, -0.2) is 20.4 Å². The van der Waals surface area contributed by atoms with E-state index in [1.165, 1.54) is 0 Å². The van der Waals surface area contributed by atoms with Crippen LogP contribution in [0.3, 0.4) is 0 Å². The minimum atomic E-state index is 0.000376. The van der Waals surface area contributed by atoms with Gasteiger partial charge in [-0.2, -0.15) is 0 Å². The zero-order valence-electron chi connectivity index (χ0n) is 13.1. The molecule has 0 aliphatic heterocycles.